The van der Waals surface area contributed by atoms with E-state index >= 15 is 0 Å². The topological polar surface area (TPSA) is 90.4 Å². The molecule has 1 unspecified atom stereocenters. The normalized spacial score (nSPS) is 21.6. The summed E-state index contributed by atoms with van der Waals surface area (Å²) in [6.45, 7) is 2.04. The van der Waals surface area contributed by atoms with Crippen molar-refractivity contribution in [1.82, 2.24) is 9.21 Å². The van der Waals surface area contributed by atoms with E-state index in [1.807, 2.05) is 13.1 Å². The standard InChI is InChI=1S/C13H18N4O2S/c1-16-6-7-17(12(9-15)10-16)20(18,19)13-4-2-11(8-14)3-5-13/h2-5,12H,6-7,9-10,15H2,1H3. The molecule has 7 heteroatoms. The van der Waals surface area contributed by atoms with Gasteiger partial charge in [-0.1, -0.05) is 0 Å². The first-order valence-electron chi connectivity index (χ1n) is 6.39. The van der Waals surface area contributed by atoms with Gasteiger partial charge < -0.3 is 10.6 Å². The summed E-state index contributed by atoms with van der Waals surface area (Å²) >= 11 is 0. The number of likely N-dealkylation sites (N-methyl/N-ethyl adjacent to an activating group) is 1. The minimum Gasteiger partial charge on any atom is -0.329 e. The van der Waals surface area contributed by atoms with Gasteiger partial charge in [0.15, 0.2) is 0 Å². The Morgan fingerprint density at radius 1 is 1.35 bits per heavy atom. The Bertz CT molecular complexity index is 606. The van der Waals surface area contributed by atoms with Crippen molar-refractivity contribution in [2.45, 2.75) is 10.9 Å². The average Bonchev–Trinajstić information content (AvgIpc) is 2.46. The summed E-state index contributed by atoms with van der Waals surface area (Å²) in [5.41, 5.74) is 6.14. The molecule has 108 valence electrons. The second kappa shape index (κ2) is 5.89. The number of benzene rings is 1. The quantitative estimate of drug-likeness (QED) is 0.835. The Balaban J connectivity index is 2.31. The van der Waals surface area contributed by atoms with Gasteiger partial charge in [0.1, 0.15) is 0 Å². The molecule has 1 aromatic rings. The summed E-state index contributed by atoms with van der Waals surface area (Å²) in [5.74, 6) is 0. The number of sulfonamides is 1. The lowest BCUT2D eigenvalue weighted by Gasteiger charge is -2.38. The number of nitrogens with zero attached hydrogens (tertiary/aromatic N) is 3. The van der Waals surface area contributed by atoms with Crippen LogP contribution in [0.15, 0.2) is 29.2 Å². The zero-order valence-electron chi connectivity index (χ0n) is 11.4. The Hall–Kier alpha value is -1.46. The van der Waals surface area contributed by atoms with Gasteiger partial charge in [0.05, 0.1) is 22.6 Å². The minimum atomic E-state index is -3.55. The van der Waals surface area contributed by atoms with Crippen LogP contribution >= 0.6 is 0 Å². The number of rotatable bonds is 3. The average molecular weight is 294 g/mol. The van der Waals surface area contributed by atoms with E-state index in [1.54, 1.807) is 0 Å². The van der Waals surface area contributed by atoms with Gasteiger partial charge in [0, 0.05) is 26.2 Å². The predicted octanol–water partition coefficient (Wildman–Crippen LogP) is -0.178. The van der Waals surface area contributed by atoms with Gasteiger partial charge in [-0.25, -0.2) is 8.42 Å². The number of nitriles is 1. The predicted molar refractivity (Wildman–Crippen MR) is 75.4 cm³/mol. The molecule has 1 aliphatic heterocycles. The summed E-state index contributed by atoms with van der Waals surface area (Å²) < 4.78 is 26.7. The van der Waals surface area contributed by atoms with Gasteiger partial charge in [0.25, 0.3) is 0 Å². The van der Waals surface area contributed by atoms with Crippen LogP contribution in [0.4, 0.5) is 0 Å². The van der Waals surface area contributed by atoms with Crippen LogP contribution in [-0.4, -0.2) is 56.9 Å². The zero-order valence-corrected chi connectivity index (χ0v) is 12.2. The second-order valence-electron chi connectivity index (χ2n) is 4.90. The Labute approximate surface area is 119 Å². The molecule has 0 radical (unpaired) electrons. The van der Waals surface area contributed by atoms with E-state index in [1.165, 1.54) is 28.6 Å². The maximum absolute atomic E-state index is 12.6. The van der Waals surface area contributed by atoms with Crippen molar-refractivity contribution in [3.63, 3.8) is 0 Å². The van der Waals surface area contributed by atoms with Crippen molar-refractivity contribution in [3.8, 4) is 6.07 Å². The number of hydrogen-bond acceptors (Lipinski definition) is 5. The first-order valence-corrected chi connectivity index (χ1v) is 7.83. The molecule has 1 atom stereocenters. The van der Waals surface area contributed by atoms with E-state index in [0.717, 1.165) is 0 Å². The molecule has 0 spiro atoms. The van der Waals surface area contributed by atoms with Crippen molar-refractivity contribution in [2.24, 2.45) is 5.73 Å². The molecule has 0 bridgehead atoms. The summed E-state index contributed by atoms with van der Waals surface area (Å²) in [6.07, 6.45) is 0. The molecule has 0 aliphatic carbocycles. The molecule has 6 nitrogen and oxygen atoms in total. The molecule has 2 N–H and O–H groups in total. The summed E-state index contributed by atoms with van der Waals surface area (Å²) in [7, 11) is -1.60. The first kappa shape index (κ1) is 14.9. The smallest absolute Gasteiger partial charge is 0.243 e. The largest absolute Gasteiger partial charge is 0.329 e. The molecule has 0 saturated carbocycles. The van der Waals surface area contributed by atoms with Crippen LogP contribution < -0.4 is 5.73 Å². The highest BCUT2D eigenvalue weighted by atomic mass is 32.2. The van der Waals surface area contributed by atoms with E-state index in [4.69, 9.17) is 11.0 Å². The van der Waals surface area contributed by atoms with Gasteiger partial charge in [0.2, 0.25) is 10.0 Å². The molecule has 1 saturated heterocycles. The number of nitrogens with two attached hydrogens (primary N) is 1. The Kier molecular flexibility index (Phi) is 4.40. The minimum absolute atomic E-state index is 0.208. The van der Waals surface area contributed by atoms with Crippen LogP contribution in [0, 0.1) is 11.3 Å². The van der Waals surface area contributed by atoms with Crippen LogP contribution in [0.2, 0.25) is 0 Å². The fourth-order valence-electron chi connectivity index (χ4n) is 2.34. The summed E-state index contributed by atoms with van der Waals surface area (Å²) in [6, 6.07) is 7.73. The third kappa shape index (κ3) is 2.83. The van der Waals surface area contributed by atoms with Crippen molar-refractivity contribution < 1.29 is 8.42 Å². The van der Waals surface area contributed by atoms with Crippen LogP contribution in [0.1, 0.15) is 5.56 Å². The third-order valence-electron chi connectivity index (χ3n) is 3.49. The summed E-state index contributed by atoms with van der Waals surface area (Å²) in [4.78, 5) is 2.28. The molecule has 0 amide bonds. The third-order valence-corrected chi connectivity index (χ3v) is 5.46. The monoisotopic (exact) mass is 294 g/mol. The fraction of sp³-hybridized carbons (Fsp3) is 0.462. The molecular weight excluding hydrogens is 276 g/mol. The van der Waals surface area contributed by atoms with Crippen LogP contribution in [0.3, 0.4) is 0 Å². The number of piperazine rings is 1. The Morgan fingerprint density at radius 2 is 2.00 bits per heavy atom. The van der Waals surface area contributed by atoms with E-state index in [-0.39, 0.29) is 10.9 Å². The molecule has 0 aromatic heterocycles. The molecule has 2 rings (SSSR count). The van der Waals surface area contributed by atoms with Gasteiger partial charge in [-0.3, -0.25) is 0 Å². The van der Waals surface area contributed by atoms with Gasteiger partial charge in [-0.2, -0.15) is 9.57 Å². The van der Waals surface area contributed by atoms with Crippen molar-refractivity contribution in [3.05, 3.63) is 29.8 Å². The van der Waals surface area contributed by atoms with Crippen molar-refractivity contribution in [1.29, 1.82) is 5.26 Å². The van der Waals surface area contributed by atoms with Crippen molar-refractivity contribution >= 4 is 10.0 Å². The zero-order chi connectivity index (χ0) is 14.8. The maximum Gasteiger partial charge on any atom is 0.243 e. The lowest BCUT2D eigenvalue weighted by molar-refractivity contribution is 0.164. The van der Waals surface area contributed by atoms with E-state index in [9.17, 15) is 8.42 Å². The lowest BCUT2D eigenvalue weighted by Crippen LogP contribution is -2.56. The SMILES string of the molecule is CN1CCN(S(=O)(=O)c2ccc(C#N)cc2)C(CN)C1. The molecule has 1 aliphatic rings. The molecule has 1 aromatic carbocycles. The lowest BCUT2D eigenvalue weighted by atomic mass is 10.2. The fourth-order valence-corrected chi connectivity index (χ4v) is 3.96. The van der Waals surface area contributed by atoms with Crippen LogP contribution in [0.25, 0.3) is 0 Å². The Morgan fingerprint density at radius 3 is 2.55 bits per heavy atom. The van der Waals surface area contributed by atoms with E-state index in [2.05, 4.69) is 4.90 Å². The molecule has 20 heavy (non-hydrogen) atoms. The van der Waals surface area contributed by atoms with Crippen LogP contribution in [0.5, 0.6) is 0 Å². The first-order chi connectivity index (χ1) is 9.48. The maximum atomic E-state index is 12.6. The van der Waals surface area contributed by atoms with Gasteiger partial charge in [-0.05, 0) is 31.3 Å². The van der Waals surface area contributed by atoms with Crippen molar-refractivity contribution in [2.75, 3.05) is 33.2 Å². The second-order valence-corrected chi connectivity index (χ2v) is 6.79. The molecular formula is C13H18N4O2S. The molecule has 1 heterocycles. The van der Waals surface area contributed by atoms with E-state index in [0.29, 0.717) is 31.7 Å². The molecule has 1 fully saturated rings. The highest BCUT2D eigenvalue weighted by Gasteiger charge is 2.34. The highest BCUT2D eigenvalue weighted by molar-refractivity contribution is 7.89. The number of hydrogen-bond donors (Lipinski definition) is 1. The summed E-state index contributed by atoms with van der Waals surface area (Å²) in [5, 5.41) is 8.76. The van der Waals surface area contributed by atoms with Gasteiger partial charge in [-0.15, -0.1) is 0 Å². The van der Waals surface area contributed by atoms with Gasteiger partial charge >= 0.3 is 0 Å². The van der Waals surface area contributed by atoms with Crippen LogP contribution in [-0.2, 0) is 10.0 Å². The highest BCUT2D eigenvalue weighted by Crippen LogP contribution is 2.21. The van der Waals surface area contributed by atoms with E-state index < -0.39 is 10.0 Å².